The van der Waals surface area contributed by atoms with Crippen molar-refractivity contribution in [2.24, 2.45) is 0 Å². The fourth-order valence-electron chi connectivity index (χ4n) is 4.34. The lowest BCUT2D eigenvalue weighted by Gasteiger charge is -2.30. The number of rotatable bonds is 6. The molecule has 4 rings (SSSR count). The van der Waals surface area contributed by atoms with Gasteiger partial charge in [0.2, 0.25) is 0 Å². The van der Waals surface area contributed by atoms with Gasteiger partial charge in [-0.1, -0.05) is 18.2 Å². The maximum absolute atomic E-state index is 11.2. The van der Waals surface area contributed by atoms with Gasteiger partial charge in [-0.15, -0.1) is 0 Å². The lowest BCUT2D eigenvalue weighted by Crippen LogP contribution is -2.28. The monoisotopic (exact) mass is 381 g/mol. The maximum Gasteiger partial charge on any atom is 0.514 e. The van der Waals surface area contributed by atoms with E-state index in [0.717, 1.165) is 37.2 Å². The molecular weight excluding hydrogens is 354 g/mol. The summed E-state index contributed by atoms with van der Waals surface area (Å²) < 4.78 is 15.6. The molecule has 0 amide bonds. The van der Waals surface area contributed by atoms with Crippen molar-refractivity contribution in [3.8, 4) is 11.5 Å². The fourth-order valence-corrected chi connectivity index (χ4v) is 4.34. The highest BCUT2D eigenvalue weighted by atomic mass is 16.7. The molecule has 0 aromatic heterocycles. The number of nitrogens with zero attached hydrogens (tertiary/aromatic N) is 1. The SMILES string of the molecule is COc1cccc2c1CCCC2CN(C)CCc1ccc2c(c1)COC(=O)O2. The molecule has 0 bridgehead atoms. The van der Waals surface area contributed by atoms with E-state index < -0.39 is 6.16 Å². The van der Waals surface area contributed by atoms with Gasteiger partial charge in [0.15, 0.2) is 0 Å². The number of fused-ring (bicyclic) bond motifs is 2. The third-order valence-corrected chi connectivity index (χ3v) is 5.79. The normalized spacial score (nSPS) is 18.1. The molecular formula is C23H27NO4. The van der Waals surface area contributed by atoms with Crippen LogP contribution in [0.2, 0.25) is 0 Å². The van der Waals surface area contributed by atoms with E-state index in [1.807, 2.05) is 12.1 Å². The first kappa shape index (κ1) is 18.8. The fraction of sp³-hybridized carbons (Fsp3) is 0.435. The van der Waals surface area contributed by atoms with E-state index in [-0.39, 0.29) is 0 Å². The van der Waals surface area contributed by atoms with Gasteiger partial charge in [0, 0.05) is 18.7 Å². The van der Waals surface area contributed by atoms with E-state index in [2.05, 4.69) is 36.2 Å². The molecule has 2 aliphatic rings. The van der Waals surface area contributed by atoms with E-state index >= 15 is 0 Å². The van der Waals surface area contributed by atoms with Crippen LogP contribution in [0.25, 0.3) is 0 Å². The first-order chi connectivity index (χ1) is 13.6. The Morgan fingerprint density at radius 3 is 3.00 bits per heavy atom. The van der Waals surface area contributed by atoms with Crippen molar-refractivity contribution in [2.45, 2.75) is 38.2 Å². The summed E-state index contributed by atoms with van der Waals surface area (Å²) in [6.07, 6.45) is 3.89. The van der Waals surface area contributed by atoms with Gasteiger partial charge in [-0.25, -0.2) is 4.79 Å². The lowest BCUT2D eigenvalue weighted by molar-refractivity contribution is 0.0785. The number of cyclic esters (lactones) is 1. The Kier molecular flexibility index (Phi) is 5.53. The molecule has 0 radical (unpaired) electrons. The minimum Gasteiger partial charge on any atom is -0.496 e. The van der Waals surface area contributed by atoms with Gasteiger partial charge in [-0.05, 0) is 73.5 Å². The summed E-state index contributed by atoms with van der Waals surface area (Å²) in [4.78, 5) is 13.6. The van der Waals surface area contributed by atoms with Gasteiger partial charge < -0.3 is 19.1 Å². The van der Waals surface area contributed by atoms with E-state index in [1.54, 1.807) is 7.11 Å². The van der Waals surface area contributed by atoms with Crippen molar-refractivity contribution in [3.63, 3.8) is 0 Å². The van der Waals surface area contributed by atoms with Crippen LogP contribution in [0.1, 0.15) is 41.0 Å². The molecule has 2 aromatic rings. The smallest absolute Gasteiger partial charge is 0.496 e. The zero-order valence-electron chi connectivity index (χ0n) is 16.6. The molecule has 148 valence electrons. The predicted molar refractivity (Wildman–Crippen MR) is 107 cm³/mol. The van der Waals surface area contributed by atoms with E-state index in [4.69, 9.17) is 14.2 Å². The summed E-state index contributed by atoms with van der Waals surface area (Å²) in [6, 6.07) is 12.4. The zero-order chi connectivity index (χ0) is 19.5. The molecule has 28 heavy (non-hydrogen) atoms. The van der Waals surface area contributed by atoms with Gasteiger partial charge in [-0.2, -0.15) is 0 Å². The Labute approximate surface area is 166 Å². The van der Waals surface area contributed by atoms with Crippen LogP contribution in [0.5, 0.6) is 11.5 Å². The molecule has 0 fully saturated rings. The van der Waals surface area contributed by atoms with Crippen molar-refractivity contribution in [1.29, 1.82) is 0 Å². The van der Waals surface area contributed by atoms with Crippen molar-refractivity contribution in [2.75, 3.05) is 27.2 Å². The van der Waals surface area contributed by atoms with Gasteiger partial charge in [0.05, 0.1) is 7.11 Å². The Bertz CT molecular complexity index is 864. The zero-order valence-corrected chi connectivity index (χ0v) is 16.6. The minimum atomic E-state index is -0.621. The Hall–Kier alpha value is -2.53. The molecule has 0 spiro atoms. The summed E-state index contributed by atoms with van der Waals surface area (Å²) in [5.41, 5.74) is 5.01. The van der Waals surface area contributed by atoms with Crippen LogP contribution in [-0.2, 0) is 24.2 Å². The highest BCUT2D eigenvalue weighted by molar-refractivity contribution is 5.66. The summed E-state index contributed by atoms with van der Waals surface area (Å²) in [5, 5.41) is 0. The molecule has 0 saturated carbocycles. The number of ether oxygens (including phenoxy) is 3. The molecule has 1 heterocycles. The van der Waals surface area contributed by atoms with Crippen LogP contribution in [-0.4, -0.2) is 38.3 Å². The first-order valence-corrected chi connectivity index (χ1v) is 9.95. The van der Waals surface area contributed by atoms with Crippen molar-refractivity contribution in [1.82, 2.24) is 4.90 Å². The number of benzene rings is 2. The number of hydrogen-bond acceptors (Lipinski definition) is 5. The van der Waals surface area contributed by atoms with Gasteiger partial charge in [-0.3, -0.25) is 0 Å². The van der Waals surface area contributed by atoms with E-state index in [1.165, 1.54) is 29.5 Å². The van der Waals surface area contributed by atoms with Crippen molar-refractivity contribution >= 4 is 6.16 Å². The number of carbonyl (C=O) groups excluding carboxylic acids is 1. The van der Waals surface area contributed by atoms with Crippen LogP contribution in [0.3, 0.4) is 0 Å². The molecule has 1 atom stereocenters. The molecule has 1 unspecified atom stereocenters. The summed E-state index contributed by atoms with van der Waals surface area (Å²) in [5.74, 6) is 2.20. The van der Waals surface area contributed by atoms with Crippen molar-refractivity contribution in [3.05, 3.63) is 58.7 Å². The highest BCUT2D eigenvalue weighted by Crippen LogP contribution is 2.37. The second-order valence-electron chi connectivity index (χ2n) is 7.71. The number of hydrogen-bond donors (Lipinski definition) is 0. The van der Waals surface area contributed by atoms with Gasteiger partial charge in [0.1, 0.15) is 18.1 Å². The predicted octanol–water partition coefficient (Wildman–Crippen LogP) is 4.32. The minimum absolute atomic E-state index is 0.290. The average molecular weight is 381 g/mol. The van der Waals surface area contributed by atoms with Gasteiger partial charge in [0.25, 0.3) is 0 Å². The lowest BCUT2D eigenvalue weighted by atomic mass is 9.82. The molecule has 0 saturated heterocycles. The Morgan fingerprint density at radius 2 is 2.14 bits per heavy atom. The number of likely N-dealkylation sites (N-methyl/N-ethyl adjacent to an activating group) is 1. The van der Waals surface area contributed by atoms with Crippen LogP contribution in [0, 0.1) is 0 Å². The van der Waals surface area contributed by atoms with E-state index in [0.29, 0.717) is 18.3 Å². The van der Waals surface area contributed by atoms with Crippen LogP contribution in [0.15, 0.2) is 36.4 Å². The second-order valence-corrected chi connectivity index (χ2v) is 7.71. The van der Waals surface area contributed by atoms with Gasteiger partial charge >= 0.3 is 6.16 Å². The Morgan fingerprint density at radius 1 is 1.25 bits per heavy atom. The van der Waals surface area contributed by atoms with Crippen LogP contribution < -0.4 is 9.47 Å². The highest BCUT2D eigenvalue weighted by Gasteiger charge is 2.24. The Balaban J connectivity index is 1.37. The molecule has 5 nitrogen and oxygen atoms in total. The first-order valence-electron chi connectivity index (χ1n) is 9.95. The third-order valence-electron chi connectivity index (χ3n) is 5.79. The number of carbonyl (C=O) groups is 1. The summed E-state index contributed by atoms with van der Waals surface area (Å²) in [7, 11) is 3.95. The second kappa shape index (κ2) is 8.23. The molecule has 0 N–H and O–H groups in total. The summed E-state index contributed by atoms with van der Waals surface area (Å²) in [6.45, 7) is 2.32. The van der Waals surface area contributed by atoms with Crippen LogP contribution >= 0.6 is 0 Å². The molecule has 2 aromatic carbocycles. The molecule has 5 heteroatoms. The largest absolute Gasteiger partial charge is 0.514 e. The maximum atomic E-state index is 11.2. The molecule has 1 aliphatic heterocycles. The third kappa shape index (κ3) is 3.99. The number of methoxy groups -OCH3 is 1. The standard InChI is InChI=1S/C23H27NO4/c1-24(12-11-16-9-10-21-18(13-16)15-27-23(25)28-21)14-17-5-3-7-20-19(17)6-4-8-22(20)26-2/h4,6,8-10,13,17H,3,5,7,11-12,14-15H2,1-2H3. The molecule has 1 aliphatic carbocycles. The quantitative estimate of drug-likeness (QED) is 0.551. The van der Waals surface area contributed by atoms with Crippen LogP contribution in [0.4, 0.5) is 4.79 Å². The topological polar surface area (TPSA) is 48.0 Å². The summed E-state index contributed by atoms with van der Waals surface area (Å²) >= 11 is 0. The average Bonchev–Trinajstić information content (AvgIpc) is 2.72. The van der Waals surface area contributed by atoms with E-state index in [9.17, 15) is 4.79 Å². The van der Waals surface area contributed by atoms with Crippen molar-refractivity contribution < 1.29 is 19.0 Å².